The summed E-state index contributed by atoms with van der Waals surface area (Å²) in [5.41, 5.74) is 6.08. The van der Waals surface area contributed by atoms with E-state index in [1.807, 2.05) is 13.8 Å². The molecule has 5 heteroatoms. The molecule has 0 spiro atoms. The molecule has 0 aliphatic heterocycles. The van der Waals surface area contributed by atoms with E-state index < -0.39 is 4.92 Å². The minimum absolute atomic E-state index is 0.257. The van der Waals surface area contributed by atoms with Crippen LogP contribution in [0.5, 0.6) is 5.75 Å². The number of aromatic hydroxyl groups is 1. The summed E-state index contributed by atoms with van der Waals surface area (Å²) in [6, 6.07) is 4.41. The molecular weight excluding hydrogens is 208 g/mol. The van der Waals surface area contributed by atoms with Gasteiger partial charge in [-0.1, -0.05) is 6.07 Å². The number of rotatable bonds is 4. The molecular formula is C11H16N2O3. The monoisotopic (exact) mass is 224 g/mol. The molecule has 0 aromatic heterocycles. The fourth-order valence-electron chi connectivity index (χ4n) is 1.34. The average Bonchev–Trinajstić information content (AvgIpc) is 2.14. The SMILES string of the molecule is CC(C)(N)CCc1ccc(O)c([N+](=O)[O-])c1. The van der Waals surface area contributed by atoms with Crippen molar-refractivity contribution in [3.63, 3.8) is 0 Å². The summed E-state index contributed by atoms with van der Waals surface area (Å²) in [7, 11) is 0. The second-order valence-corrected chi connectivity index (χ2v) is 4.57. The number of nitro groups is 1. The molecule has 5 nitrogen and oxygen atoms in total. The Morgan fingerprint density at radius 1 is 1.50 bits per heavy atom. The molecule has 0 fully saturated rings. The van der Waals surface area contributed by atoms with Gasteiger partial charge in [-0.25, -0.2) is 0 Å². The molecule has 0 bridgehead atoms. The summed E-state index contributed by atoms with van der Waals surface area (Å²) >= 11 is 0. The first-order valence-electron chi connectivity index (χ1n) is 5.05. The molecule has 1 aromatic rings. The first-order valence-corrected chi connectivity index (χ1v) is 5.05. The Kier molecular flexibility index (Phi) is 3.49. The van der Waals surface area contributed by atoms with Crippen LogP contribution in [0.1, 0.15) is 25.8 Å². The lowest BCUT2D eigenvalue weighted by Crippen LogP contribution is -2.32. The highest BCUT2D eigenvalue weighted by Crippen LogP contribution is 2.27. The highest BCUT2D eigenvalue weighted by molar-refractivity contribution is 5.47. The molecule has 0 saturated carbocycles. The molecule has 3 N–H and O–H groups in total. The van der Waals surface area contributed by atoms with Crippen LogP contribution >= 0.6 is 0 Å². The van der Waals surface area contributed by atoms with E-state index in [0.29, 0.717) is 6.42 Å². The smallest absolute Gasteiger partial charge is 0.310 e. The highest BCUT2D eigenvalue weighted by Gasteiger charge is 2.15. The number of nitro benzene ring substituents is 1. The van der Waals surface area contributed by atoms with Gasteiger partial charge in [-0.15, -0.1) is 0 Å². The van der Waals surface area contributed by atoms with Gasteiger partial charge in [0.2, 0.25) is 0 Å². The van der Waals surface area contributed by atoms with Crippen LogP contribution in [-0.4, -0.2) is 15.6 Å². The molecule has 0 atom stereocenters. The van der Waals surface area contributed by atoms with Crippen LogP contribution in [0.3, 0.4) is 0 Å². The van der Waals surface area contributed by atoms with Crippen molar-refractivity contribution in [2.24, 2.45) is 5.73 Å². The van der Waals surface area contributed by atoms with Crippen molar-refractivity contribution < 1.29 is 10.0 Å². The average molecular weight is 224 g/mol. The third-order valence-corrected chi connectivity index (χ3v) is 2.29. The zero-order valence-electron chi connectivity index (χ0n) is 9.43. The summed E-state index contributed by atoms with van der Waals surface area (Å²) in [5.74, 6) is -0.305. The minimum atomic E-state index is -0.591. The molecule has 0 amide bonds. The number of phenolic OH excluding ortho intramolecular Hbond substituents is 1. The van der Waals surface area contributed by atoms with Gasteiger partial charge in [0.05, 0.1) is 4.92 Å². The normalized spacial score (nSPS) is 11.4. The maximum atomic E-state index is 10.6. The van der Waals surface area contributed by atoms with Gasteiger partial charge in [-0.3, -0.25) is 10.1 Å². The van der Waals surface area contributed by atoms with Gasteiger partial charge in [0.1, 0.15) is 0 Å². The number of nitrogens with two attached hydrogens (primary N) is 1. The highest BCUT2D eigenvalue weighted by atomic mass is 16.6. The molecule has 16 heavy (non-hydrogen) atoms. The van der Waals surface area contributed by atoms with E-state index in [-0.39, 0.29) is 17.0 Å². The van der Waals surface area contributed by atoms with E-state index in [2.05, 4.69) is 0 Å². The maximum absolute atomic E-state index is 10.6. The molecule has 0 aliphatic rings. The van der Waals surface area contributed by atoms with Crippen molar-refractivity contribution in [3.05, 3.63) is 33.9 Å². The van der Waals surface area contributed by atoms with Crippen molar-refractivity contribution in [3.8, 4) is 5.75 Å². The maximum Gasteiger partial charge on any atom is 0.310 e. The number of phenols is 1. The van der Waals surface area contributed by atoms with Crippen molar-refractivity contribution in [2.75, 3.05) is 0 Å². The Bertz CT molecular complexity index is 397. The number of hydrogen-bond acceptors (Lipinski definition) is 4. The molecule has 1 rings (SSSR count). The Labute approximate surface area is 94.0 Å². The molecule has 0 unspecified atom stereocenters. The van der Waals surface area contributed by atoms with Crippen LogP contribution in [0.15, 0.2) is 18.2 Å². The standard InChI is InChI=1S/C11H16N2O3/c1-11(2,12)6-5-8-3-4-10(14)9(7-8)13(15)16/h3-4,7,14H,5-6,12H2,1-2H3. The minimum Gasteiger partial charge on any atom is -0.502 e. The largest absolute Gasteiger partial charge is 0.502 e. The van der Waals surface area contributed by atoms with Gasteiger partial charge in [0.25, 0.3) is 0 Å². The third-order valence-electron chi connectivity index (χ3n) is 2.29. The van der Waals surface area contributed by atoms with E-state index in [4.69, 9.17) is 5.73 Å². The van der Waals surface area contributed by atoms with Gasteiger partial charge in [0.15, 0.2) is 5.75 Å². The van der Waals surface area contributed by atoms with Crippen LogP contribution in [0.2, 0.25) is 0 Å². The van der Waals surface area contributed by atoms with Gasteiger partial charge in [-0.05, 0) is 38.3 Å². The quantitative estimate of drug-likeness (QED) is 0.604. The van der Waals surface area contributed by atoms with Crippen LogP contribution in [0, 0.1) is 10.1 Å². The predicted octanol–water partition coefficient (Wildman–Crippen LogP) is 1.97. The summed E-state index contributed by atoms with van der Waals surface area (Å²) in [4.78, 5) is 10.0. The fraction of sp³-hybridized carbons (Fsp3) is 0.455. The predicted molar refractivity (Wildman–Crippen MR) is 61.3 cm³/mol. The summed E-state index contributed by atoms with van der Waals surface area (Å²) in [6.07, 6.45) is 1.39. The number of nitrogens with zero attached hydrogens (tertiary/aromatic N) is 1. The van der Waals surface area contributed by atoms with Crippen LogP contribution in [-0.2, 0) is 6.42 Å². The zero-order valence-corrected chi connectivity index (χ0v) is 9.43. The lowest BCUT2D eigenvalue weighted by molar-refractivity contribution is -0.385. The summed E-state index contributed by atoms with van der Waals surface area (Å²) in [5, 5.41) is 19.9. The Morgan fingerprint density at radius 2 is 2.12 bits per heavy atom. The summed E-state index contributed by atoms with van der Waals surface area (Å²) in [6.45, 7) is 3.81. The van der Waals surface area contributed by atoms with Gasteiger partial charge >= 0.3 is 5.69 Å². The third kappa shape index (κ3) is 3.51. The van der Waals surface area contributed by atoms with E-state index in [1.165, 1.54) is 12.1 Å². The van der Waals surface area contributed by atoms with E-state index in [1.54, 1.807) is 6.07 Å². The lowest BCUT2D eigenvalue weighted by Gasteiger charge is -2.17. The Hall–Kier alpha value is -1.62. The van der Waals surface area contributed by atoms with E-state index in [0.717, 1.165) is 12.0 Å². The second-order valence-electron chi connectivity index (χ2n) is 4.57. The second kappa shape index (κ2) is 4.49. The van der Waals surface area contributed by atoms with Crippen molar-refractivity contribution >= 4 is 5.69 Å². The fourth-order valence-corrected chi connectivity index (χ4v) is 1.34. The van der Waals surface area contributed by atoms with Crippen LogP contribution < -0.4 is 5.73 Å². The first kappa shape index (κ1) is 12.4. The van der Waals surface area contributed by atoms with Crippen LogP contribution in [0.25, 0.3) is 0 Å². The Morgan fingerprint density at radius 3 is 2.62 bits per heavy atom. The molecule has 88 valence electrons. The number of aryl methyl sites for hydroxylation is 1. The first-order chi connectivity index (χ1) is 7.29. The molecule has 0 aliphatic carbocycles. The van der Waals surface area contributed by atoms with Crippen molar-refractivity contribution in [1.82, 2.24) is 0 Å². The van der Waals surface area contributed by atoms with Crippen molar-refractivity contribution in [1.29, 1.82) is 0 Å². The molecule has 1 aromatic carbocycles. The lowest BCUT2D eigenvalue weighted by atomic mass is 9.96. The van der Waals surface area contributed by atoms with Gasteiger partial charge < -0.3 is 10.8 Å². The van der Waals surface area contributed by atoms with Gasteiger partial charge in [0, 0.05) is 11.6 Å². The van der Waals surface area contributed by atoms with Crippen molar-refractivity contribution in [2.45, 2.75) is 32.2 Å². The number of hydrogen-bond donors (Lipinski definition) is 2. The molecule has 0 heterocycles. The zero-order chi connectivity index (χ0) is 12.3. The number of benzene rings is 1. The van der Waals surface area contributed by atoms with E-state index >= 15 is 0 Å². The van der Waals surface area contributed by atoms with E-state index in [9.17, 15) is 15.2 Å². The summed E-state index contributed by atoms with van der Waals surface area (Å²) < 4.78 is 0. The topological polar surface area (TPSA) is 89.4 Å². The van der Waals surface area contributed by atoms with Crippen LogP contribution in [0.4, 0.5) is 5.69 Å². The molecule has 0 saturated heterocycles. The molecule has 0 radical (unpaired) electrons. The van der Waals surface area contributed by atoms with Gasteiger partial charge in [-0.2, -0.15) is 0 Å². The Balaban J connectivity index is 2.83.